The van der Waals surface area contributed by atoms with Crippen molar-refractivity contribution in [1.82, 2.24) is 0 Å². The van der Waals surface area contributed by atoms with Crippen LogP contribution in [0, 0.1) is 11.5 Å². The Morgan fingerprint density at radius 2 is 1.38 bits per heavy atom. The fraction of sp³-hybridized carbons (Fsp3) is 0.600. The molecule has 0 fully saturated rings. The minimum absolute atomic E-state index is 0. The van der Waals surface area contributed by atoms with Gasteiger partial charge in [-0.1, -0.05) is 41.5 Å². The van der Waals surface area contributed by atoms with Crippen molar-refractivity contribution in [2.75, 3.05) is 0 Å². The van der Waals surface area contributed by atoms with Crippen molar-refractivity contribution in [3.63, 3.8) is 0 Å². The van der Waals surface area contributed by atoms with Crippen LogP contribution in [0.1, 0.15) is 52.7 Å². The monoisotopic (exact) mass is 208 g/mol. The van der Waals surface area contributed by atoms with E-state index in [2.05, 4.69) is 59.7 Å². The topological polar surface area (TPSA) is 0 Å². The summed E-state index contributed by atoms with van der Waals surface area (Å²) < 4.78 is 0. The van der Waals surface area contributed by atoms with E-state index in [1.54, 1.807) is 0 Å². The fourth-order valence-electron chi connectivity index (χ4n) is 2.95. The van der Waals surface area contributed by atoms with Gasteiger partial charge in [-0.2, -0.15) is 24.3 Å². The standard InChI is InChI=1S/C15H21.Li/c1-13(2)11-9-7-8-10-12(11)14(3,4)15(13,5)6;/h7,9-10H,1-6H3;/q-1;+1. The van der Waals surface area contributed by atoms with Gasteiger partial charge in [0.05, 0.1) is 0 Å². The first-order chi connectivity index (χ1) is 6.73. The van der Waals surface area contributed by atoms with E-state index in [-0.39, 0.29) is 35.1 Å². The van der Waals surface area contributed by atoms with Crippen molar-refractivity contribution in [2.24, 2.45) is 5.41 Å². The Labute approximate surface area is 112 Å². The Bertz CT molecular complexity index is 363. The molecule has 1 heteroatoms. The summed E-state index contributed by atoms with van der Waals surface area (Å²) in [5, 5.41) is 0. The van der Waals surface area contributed by atoms with Gasteiger partial charge in [-0.15, -0.1) is 11.1 Å². The fourth-order valence-corrected chi connectivity index (χ4v) is 2.95. The van der Waals surface area contributed by atoms with Crippen LogP contribution >= 0.6 is 0 Å². The molecule has 16 heavy (non-hydrogen) atoms. The van der Waals surface area contributed by atoms with Crippen LogP contribution in [0.2, 0.25) is 0 Å². The average Bonchev–Trinajstić information content (AvgIpc) is 2.26. The van der Waals surface area contributed by atoms with Gasteiger partial charge in [0.2, 0.25) is 0 Å². The summed E-state index contributed by atoms with van der Waals surface area (Å²) in [6.45, 7) is 14.2. The van der Waals surface area contributed by atoms with E-state index in [1.165, 1.54) is 11.1 Å². The summed E-state index contributed by atoms with van der Waals surface area (Å²) in [4.78, 5) is 0. The molecule has 0 spiro atoms. The van der Waals surface area contributed by atoms with Gasteiger partial charge in [0.15, 0.2) is 0 Å². The van der Waals surface area contributed by atoms with Crippen LogP contribution < -0.4 is 18.9 Å². The number of benzene rings is 1. The van der Waals surface area contributed by atoms with E-state index >= 15 is 0 Å². The first kappa shape index (κ1) is 13.9. The third-order valence-corrected chi connectivity index (χ3v) is 5.34. The third-order valence-electron chi connectivity index (χ3n) is 5.34. The van der Waals surface area contributed by atoms with Crippen molar-refractivity contribution in [1.29, 1.82) is 0 Å². The molecule has 0 aliphatic heterocycles. The van der Waals surface area contributed by atoms with Gasteiger partial charge in [-0.25, -0.2) is 0 Å². The van der Waals surface area contributed by atoms with E-state index in [9.17, 15) is 0 Å². The first-order valence-electron chi connectivity index (χ1n) is 5.74. The van der Waals surface area contributed by atoms with Crippen molar-refractivity contribution >= 4 is 0 Å². The zero-order valence-corrected chi connectivity index (χ0v) is 11.7. The molecule has 0 saturated carbocycles. The van der Waals surface area contributed by atoms with Crippen molar-refractivity contribution in [3.05, 3.63) is 35.4 Å². The summed E-state index contributed by atoms with van der Waals surface area (Å²) >= 11 is 0. The van der Waals surface area contributed by atoms with Crippen LogP contribution in [0.25, 0.3) is 0 Å². The molecule has 0 amide bonds. The molecule has 0 unspecified atom stereocenters. The number of hydrogen-bond donors (Lipinski definition) is 0. The number of rotatable bonds is 0. The second-order valence-electron chi connectivity index (χ2n) is 6.35. The van der Waals surface area contributed by atoms with Crippen LogP contribution in [-0.4, -0.2) is 0 Å². The molecular weight excluding hydrogens is 187 g/mol. The van der Waals surface area contributed by atoms with Gasteiger partial charge in [0, 0.05) is 0 Å². The number of fused-ring (bicyclic) bond motifs is 1. The van der Waals surface area contributed by atoms with Gasteiger partial charge in [0.1, 0.15) is 0 Å². The Morgan fingerprint density at radius 3 is 1.88 bits per heavy atom. The molecule has 0 heterocycles. The van der Waals surface area contributed by atoms with E-state index < -0.39 is 0 Å². The predicted molar refractivity (Wildman–Crippen MR) is 65.1 cm³/mol. The van der Waals surface area contributed by atoms with Gasteiger partial charge < -0.3 is 0 Å². The zero-order chi connectivity index (χ0) is 11.5. The molecule has 0 bridgehead atoms. The summed E-state index contributed by atoms with van der Waals surface area (Å²) in [7, 11) is 0. The minimum atomic E-state index is 0. The van der Waals surface area contributed by atoms with E-state index in [0.29, 0.717) is 0 Å². The van der Waals surface area contributed by atoms with Crippen LogP contribution in [-0.2, 0) is 10.8 Å². The molecule has 0 saturated heterocycles. The van der Waals surface area contributed by atoms with Crippen LogP contribution in [0.4, 0.5) is 0 Å². The Kier molecular flexibility index (Phi) is 3.17. The molecule has 0 atom stereocenters. The van der Waals surface area contributed by atoms with Crippen LogP contribution in [0.15, 0.2) is 18.2 Å². The van der Waals surface area contributed by atoms with Crippen LogP contribution in [0.3, 0.4) is 0 Å². The first-order valence-corrected chi connectivity index (χ1v) is 5.74. The molecule has 0 nitrogen and oxygen atoms in total. The molecule has 0 aromatic heterocycles. The minimum Gasteiger partial charge on any atom is -0.184 e. The maximum atomic E-state index is 3.22. The molecule has 0 N–H and O–H groups in total. The van der Waals surface area contributed by atoms with Gasteiger partial charge in [0.25, 0.3) is 0 Å². The smallest absolute Gasteiger partial charge is 0.184 e. The summed E-state index contributed by atoms with van der Waals surface area (Å²) in [5.41, 5.74) is 3.71. The molecule has 1 aliphatic rings. The second-order valence-corrected chi connectivity index (χ2v) is 6.35. The molecular formula is C15H21Li. The molecule has 2 rings (SSSR count). The molecule has 0 radical (unpaired) electrons. The SMILES string of the molecule is CC1(C)c2c[c-]ccc2C(C)(C)C1(C)C.[Li+]. The Hall–Kier alpha value is -0.183. The molecule has 82 valence electrons. The maximum absolute atomic E-state index is 3.22. The van der Waals surface area contributed by atoms with Gasteiger partial charge in [-0.3, -0.25) is 0 Å². The average molecular weight is 208 g/mol. The largest absolute Gasteiger partial charge is 1.00 e. The Balaban J connectivity index is 0.00000128. The van der Waals surface area contributed by atoms with Crippen molar-refractivity contribution in [3.8, 4) is 0 Å². The molecule has 1 aromatic carbocycles. The van der Waals surface area contributed by atoms with E-state index in [1.807, 2.05) is 6.07 Å². The number of hydrogen-bond acceptors (Lipinski definition) is 0. The summed E-state index contributed by atoms with van der Waals surface area (Å²) in [6, 6.07) is 9.68. The molecule has 1 aliphatic carbocycles. The van der Waals surface area contributed by atoms with E-state index in [0.717, 1.165) is 0 Å². The van der Waals surface area contributed by atoms with Crippen molar-refractivity contribution in [2.45, 2.75) is 52.4 Å². The van der Waals surface area contributed by atoms with Crippen molar-refractivity contribution < 1.29 is 18.9 Å². The predicted octanol–water partition coefficient (Wildman–Crippen LogP) is 1.09. The quantitative estimate of drug-likeness (QED) is 0.442. The Morgan fingerprint density at radius 1 is 0.875 bits per heavy atom. The molecule has 1 aromatic rings. The second kappa shape index (κ2) is 3.66. The normalized spacial score (nSPS) is 23.4. The van der Waals surface area contributed by atoms with Gasteiger partial charge >= 0.3 is 18.9 Å². The van der Waals surface area contributed by atoms with E-state index in [4.69, 9.17) is 0 Å². The summed E-state index contributed by atoms with van der Waals surface area (Å²) in [6.07, 6.45) is 0. The van der Waals surface area contributed by atoms with Crippen LogP contribution in [0.5, 0.6) is 0 Å². The van der Waals surface area contributed by atoms with Gasteiger partial charge in [-0.05, 0) is 16.2 Å². The third kappa shape index (κ3) is 1.36. The summed E-state index contributed by atoms with van der Waals surface area (Å²) in [5.74, 6) is 0. The zero-order valence-electron chi connectivity index (χ0n) is 11.7. The maximum Gasteiger partial charge on any atom is 1.00 e.